The smallest absolute Gasteiger partial charge is 0.337 e. The van der Waals surface area contributed by atoms with E-state index in [2.05, 4.69) is 4.74 Å². The van der Waals surface area contributed by atoms with Gasteiger partial charge in [0.1, 0.15) is 0 Å². The third-order valence-corrected chi connectivity index (χ3v) is 2.23. The van der Waals surface area contributed by atoms with E-state index >= 15 is 0 Å². The molecule has 0 amide bonds. The second kappa shape index (κ2) is 3.41. The van der Waals surface area contributed by atoms with Gasteiger partial charge < -0.3 is 15.2 Å². The quantitative estimate of drug-likeness (QED) is 0.569. The molecule has 0 aromatic heterocycles. The molecule has 0 bridgehead atoms. The average molecular weight is 173 g/mol. The molecule has 0 aliphatic carbocycles. The summed E-state index contributed by atoms with van der Waals surface area (Å²) in [5.74, 6) is -0.311. The zero-order chi connectivity index (χ0) is 9.19. The fourth-order valence-corrected chi connectivity index (χ4v) is 1.28. The van der Waals surface area contributed by atoms with E-state index in [1.54, 1.807) is 6.92 Å². The molecule has 1 fully saturated rings. The van der Waals surface area contributed by atoms with Crippen molar-refractivity contribution in [3.8, 4) is 0 Å². The lowest BCUT2D eigenvalue weighted by atomic mass is 9.94. The normalized spacial score (nSPS) is 36.1. The van der Waals surface area contributed by atoms with Crippen molar-refractivity contribution in [3.63, 3.8) is 0 Å². The number of ether oxygens (including phenoxy) is 2. The molecule has 70 valence electrons. The third kappa shape index (κ3) is 1.76. The summed E-state index contributed by atoms with van der Waals surface area (Å²) in [6.45, 7) is 2.18. The van der Waals surface area contributed by atoms with E-state index in [1.165, 1.54) is 7.11 Å². The average Bonchev–Trinajstić information content (AvgIpc) is 2.09. The Bertz CT molecular complexity index is 173. The van der Waals surface area contributed by atoms with Crippen molar-refractivity contribution in [2.45, 2.75) is 31.4 Å². The van der Waals surface area contributed by atoms with Crippen molar-refractivity contribution < 1.29 is 14.3 Å². The van der Waals surface area contributed by atoms with Crippen molar-refractivity contribution in [1.82, 2.24) is 0 Å². The predicted molar refractivity (Wildman–Crippen MR) is 43.6 cm³/mol. The monoisotopic (exact) mass is 173 g/mol. The number of esters is 1. The third-order valence-electron chi connectivity index (χ3n) is 2.23. The van der Waals surface area contributed by atoms with E-state index in [0.717, 1.165) is 6.42 Å². The van der Waals surface area contributed by atoms with Crippen LogP contribution in [0.4, 0.5) is 0 Å². The van der Waals surface area contributed by atoms with Crippen molar-refractivity contribution in [1.29, 1.82) is 0 Å². The largest absolute Gasteiger partial charge is 0.467 e. The Kier molecular flexibility index (Phi) is 2.69. The maximum absolute atomic E-state index is 11.2. The minimum atomic E-state index is -0.773. The van der Waals surface area contributed by atoms with Gasteiger partial charge in [0.2, 0.25) is 0 Å². The number of carbonyl (C=O) groups is 1. The van der Waals surface area contributed by atoms with Crippen LogP contribution in [0.2, 0.25) is 0 Å². The molecule has 2 atom stereocenters. The topological polar surface area (TPSA) is 61.5 Å². The Hall–Kier alpha value is -0.610. The van der Waals surface area contributed by atoms with Gasteiger partial charge in [-0.2, -0.15) is 0 Å². The van der Waals surface area contributed by atoms with Gasteiger partial charge >= 0.3 is 5.97 Å². The highest BCUT2D eigenvalue weighted by atomic mass is 16.6. The predicted octanol–water partition coefficient (Wildman–Crippen LogP) is 0.0558. The molecule has 0 saturated carbocycles. The molecular weight excluding hydrogens is 158 g/mol. The first-order chi connectivity index (χ1) is 5.58. The van der Waals surface area contributed by atoms with Gasteiger partial charge in [-0.15, -0.1) is 0 Å². The lowest BCUT2D eigenvalue weighted by Crippen LogP contribution is -2.48. The molecule has 12 heavy (non-hydrogen) atoms. The van der Waals surface area contributed by atoms with Gasteiger partial charge in [-0.25, -0.2) is 4.79 Å². The van der Waals surface area contributed by atoms with Crippen LogP contribution in [-0.4, -0.2) is 31.3 Å². The number of nitrogens with two attached hydrogens (primary N) is 1. The van der Waals surface area contributed by atoms with Crippen LogP contribution in [-0.2, 0) is 14.3 Å². The Balaban J connectivity index is 2.55. The van der Waals surface area contributed by atoms with Crippen LogP contribution in [0.15, 0.2) is 0 Å². The molecule has 1 unspecified atom stereocenters. The lowest BCUT2D eigenvalue weighted by Gasteiger charge is -2.33. The zero-order valence-electron chi connectivity index (χ0n) is 7.50. The molecular formula is C8H15NO3. The highest BCUT2D eigenvalue weighted by molar-refractivity contribution is 5.79. The molecule has 0 aromatic rings. The zero-order valence-corrected chi connectivity index (χ0v) is 7.50. The molecule has 0 spiro atoms. The number of rotatable bonds is 1. The van der Waals surface area contributed by atoms with Crippen molar-refractivity contribution in [3.05, 3.63) is 0 Å². The molecule has 1 aliphatic rings. The van der Waals surface area contributed by atoms with Crippen molar-refractivity contribution in [2.24, 2.45) is 5.73 Å². The van der Waals surface area contributed by atoms with Crippen LogP contribution in [0, 0.1) is 0 Å². The molecule has 1 heterocycles. The number of hydrogen-bond acceptors (Lipinski definition) is 4. The van der Waals surface area contributed by atoms with E-state index in [0.29, 0.717) is 13.0 Å². The summed E-state index contributed by atoms with van der Waals surface area (Å²) in [7, 11) is 1.37. The summed E-state index contributed by atoms with van der Waals surface area (Å²) in [5.41, 5.74) is 4.85. The van der Waals surface area contributed by atoms with Crippen molar-refractivity contribution in [2.75, 3.05) is 13.7 Å². The second-order valence-corrected chi connectivity index (χ2v) is 3.33. The van der Waals surface area contributed by atoms with Gasteiger partial charge in [0.25, 0.3) is 0 Å². The van der Waals surface area contributed by atoms with E-state index in [-0.39, 0.29) is 12.0 Å². The lowest BCUT2D eigenvalue weighted by molar-refractivity contribution is -0.173. The van der Waals surface area contributed by atoms with Crippen LogP contribution < -0.4 is 5.73 Å². The van der Waals surface area contributed by atoms with Crippen LogP contribution in [0.3, 0.4) is 0 Å². The number of methoxy groups -OCH3 is 1. The molecule has 4 nitrogen and oxygen atoms in total. The van der Waals surface area contributed by atoms with Gasteiger partial charge in [0.15, 0.2) is 5.60 Å². The highest BCUT2D eigenvalue weighted by Crippen LogP contribution is 2.24. The molecule has 1 aliphatic heterocycles. The fraction of sp³-hybridized carbons (Fsp3) is 0.875. The fourth-order valence-electron chi connectivity index (χ4n) is 1.28. The minimum absolute atomic E-state index is 0.0581. The van der Waals surface area contributed by atoms with Gasteiger partial charge in [0, 0.05) is 6.04 Å². The van der Waals surface area contributed by atoms with E-state index < -0.39 is 5.60 Å². The standard InChI is InChI=1S/C8H15NO3/c1-8(7(10)11-2)4-3-6(9)5-12-8/h6H,3-5,9H2,1-2H3/t6?,8-/m0/s1. The van der Waals surface area contributed by atoms with E-state index in [9.17, 15) is 4.79 Å². The maximum atomic E-state index is 11.2. The van der Waals surface area contributed by atoms with E-state index in [4.69, 9.17) is 10.5 Å². The molecule has 2 N–H and O–H groups in total. The van der Waals surface area contributed by atoms with Crippen LogP contribution >= 0.6 is 0 Å². The molecule has 1 rings (SSSR count). The van der Waals surface area contributed by atoms with Crippen molar-refractivity contribution >= 4 is 5.97 Å². The summed E-state index contributed by atoms with van der Waals surface area (Å²) in [4.78, 5) is 11.2. The van der Waals surface area contributed by atoms with Crippen LogP contribution in [0.5, 0.6) is 0 Å². The summed E-state index contributed by atoms with van der Waals surface area (Å²) in [5, 5.41) is 0. The summed E-state index contributed by atoms with van der Waals surface area (Å²) in [6, 6.07) is 0.0581. The van der Waals surface area contributed by atoms with Crippen LogP contribution in [0.1, 0.15) is 19.8 Å². The highest BCUT2D eigenvalue weighted by Gasteiger charge is 2.38. The molecule has 0 radical (unpaired) electrons. The number of carbonyl (C=O) groups excluding carboxylic acids is 1. The summed E-state index contributed by atoms with van der Waals surface area (Å²) < 4.78 is 9.95. The molecule has 1 saturated heterocycles. The van der Waals surface area contributed by atoms with Crippen LogP contribution in [0.25, 0.3) is 0 Å². The van der Waals surface area contributed by atoms with Gasteiger partial charge in [-0.1, -0.05) is 0 Å². The summed E-state index contributed by atoms with van der Waals surface area (Å²) >= 11 is 0. The Labute approximate surface area is 72.0 Å². The Morgan fingerprint density at radius 1 is 1.75 bits per heavy atom. The first-order valence-corrected chi connectivity index (χ1v) is 4.06. The van der Waals surface area contributed by atoms with Gasteiger partial charge in [-0.3, -0.25) is 0 Å². The Morgan fingerprint density at radius 2 is 2.42 bits per heavy atom. The SMILES string of the molecule is COC(=O)[C@]1(C)CCC(N)CO1. The first kappa shape index (κ1) is 9.48. The minimum Gasteiger partial charge on any atom is -0.467 e. The van der Waals surface area contributed by atoms with E-state index in [1.807, 2.05) is 0 Å². The molecule has 0 aromatic carbocycles. The Morgan fingerprint density at radius 3 is 2.83 bits per heavy atom. The molecule has 4 heteroatoms. The second-order valence-electron chi connectivity index (χ2n) is 3.33. The summed E-state index contributed by atoms with van der Waals surface area (Å²) in [6.07, 6.45) is 1.45. The van der Waals surface area contributed by atoms with Gasteiger partial charge in [-0.05, 0) is 19.8 Å². The maximum Gasteiger partial charge on any atom is 0.337 e. The number of hydrogen-bond donors (Lipinski definition) is 1. The first-order valence-electron chi connectivity index (χ1n) is 4.06. The van der Waals surface area contributed by atoms with Gasteiger partial charge in [0.05, 0.1) is 13.7 Å².